The topological polar surface area (TPSA) is 96.6 Å². The van der Waals surface area contributed by atoms with Crippen LogP contribution in [-0.2, 0) is 14.4 Å². The maximum absolute atomic E-state index is 13.1. The van der Waals surface area contributed by atoms with Gasteiger partial charge in [-0.2, -0.15) is 0 Å². The highest BCUT2D eigenvalue weighted by Crippen LogP contribution is 2.33. The summed E-state index contributed by atoms with van der Waals surface area (Å²) in [5.74, 6) is -0.826. The molecule has 2 saturated heterocycles. The summed E-state index contributed by atoms with van der Waals surface area (Å²) in [4.78, 5) is 45.2. The summed E-state index contributed by atoms with van der Waals surface area (Å²) in [6.07, 6.45) is 1.42. The van der Waals surface area contributed by atoms with E-state index < -0.39 is 6.04 Å². The van der Waals surface area contributed by atoms with Gasteiger partial charge in [0, 0.05) is 11.5 Å². The van der Waals surface area contributed by atoms with Gasteiger partial charge in [-0.1, -0.05) is 6.07 Å². The Labute approximate surface area is 189 Å². The van der Waals surface area contributed by atoms with E-state index in [1.807, 2.05) is 41.3 Å². The van der Waals surface area contributed by atoms with Gasteiger partial charge in [-0.05, 0) is 74.8 Å². The minimum atomic E-state index is -0.469. The molecule has 164 valence electrons. The van der Waals surface area contributed by atoms with Crippen LogP contribution in [0.3, 0.4) is 0 Å². The molecular weight excluding hydrogens is 424 g/mol. The molecule has 2 aliphatic rings. The lowest BCUT2D eigenvalue weighted by molar-refractivity contribution is -0.124. The van der Waals surface area contributed by atoms with Crippen molar-refractivity contribution in [2.45, 2.75) is 32.2 Å². The molecule has 2 aromatic carbocycles. The largest absolute Gasteiger partial charge is 0.369 e. The maximum Gasteiger partial charge on any atom is 0.251 e. The van der Waals surface area contributed by atoms with E-state index in [1.54, 1.807) is 11.3 Å². The molecule has 3 amide bonds. The second kappa shape index (κ2) is 8.11. The van der Waals surface area contributed by atoms with Crippen LogP contribution in [0.1, 0.15) is 24.8 Å². The predicted molar refractivity (Wildman–Crippen MR) is 124 cm³/mol. The van der Waals surface area contributed by atoms with Gasteiger partial charge in [0.1, 0.15) is 5.01 Å². The maximum atomic E-state index is 13.1. The minimum Gasteiger partial charge on any atom is -0.369 e. The first kappa shape index (κ1) is 20.8. The number of imide groups is 1. The number of rotatable bonds is 4. The first-order valence-electron chi connectivity index (χ1n) is 10.8. The van der Waals surface area contributed by atoms with E-state index in [0.717, 1.165) is 20.8 Å². The van der Waals surface area contributed by atoms with Crippen LogP contribution in [0.25, 0.3) is 20.8 Å². The monoisotopic (exact) mass is 448 g/mol. The fourth-order valence-electron chi connectivity index (χ4n) is 4.58. The molecule has 2 N–H and O–H groups in total. The molecule has 5 rings (SSSR count). The van der Waals surface area contributed by atoms with E-state index in [9.17, 15) is 14.4 Å². The zero-order chi connectivity index (χ0) is 22.4. The van der Waals surface area contributed by atoms with Crippen molar-refractivity contribution in [3.05, 3.63) is 48.0 Å². The fraction of sp³-hybridized carbons (Fsp3) is 0.333. The first-order valence-corrected chi connectivity index (χ1v) is 11.6. The third-order valence-corrected chi connectivity index (χ3v) is 7.48. The number of anilines is 1. The number of carbonyl (C=O) groups excluding carboxylic acids is 3. The standard InChI is InChI=1S/C24H24N4O3S/c1-14-2-7-18-20(12-14)32-23(26-18)16-3-5-17(6-4-16)28-21(29)13-19(24(28)31)27-10-8-15(9-11-27)22(25)30/h2-7,12,15,19H,8-11,13H2,1H3,(H2,25,30)/t19-/m1/s1. The zero-order valence-electron chi connectivity index (χ0n) is 17.8. The van der Waals surface area contributed by atoms with Crippen LogP contribution >= 0.6 is 11.3 Å². The highest BCUT2D eigenvalue weighted by atomic mass is 32.1. The van der Waals surface area contributed by atoms with Gasteiger partial charge in [0.25, 0.3) is 5.91 Å². The van der Waals surface area contributed by atoms with Gasteiger partial charge in [-0.3, -0.25) is 19.3 Å². The van der Waals surface area contributed by atoms with E-state index in [0.29, 0.717) is 31.6 Å². The number of carbonyl (C=O) groups is 3. The molecule has 7 nitrogen and oxygen atoms in total. The number of aromatic nitrogens is 1. The molecule has 1 aromatic heterocycles. The van der Waals surface area contributed by atoms with Gasteiger partial charge in [-0.15, -0.1) is 11.3 Å². The third-order valence-electron chi connectivity index (χ3n) is 6.41. The summed E-state index contributed by atoms with van der Waals surface area (Å²) < 4.78 is 1.14. The first-order chi connectivity index (χ1) is 15.4. The summed E-state index contributed by atoms with van der Waals surface area (Å²) in [5.41, 5.74) is 9.10. The number of benzene rings is 2. The zero-order valence-corrected chi connectivity index (χ0v) is 18.6. The molecule has 0 spiro atoms. The van der Waals surface area contributed by atoms with Crippen molar-refractivity contribution in [3.8, 4) is 10.6 Å². The predicted octanol–water partition coefficient (Wildman–Crippen LogP) is 3.10. The number of hydrogen-bond acceptors (Lipinski definition) is 6. The summed E-state index contributed by atoms with van der Waals surface area (Å²) >= 11 is 1.63. The van der Waals surface area contributed by atoms with Gasteiger partial charge in [0.2, 0.25) is 11.8 Å². The second-order valence-corrected chi connectivity index (χ2v) is 9.57. The lowest BCUT2D eigenvalue weighted by Crippen LogP contribution is -2.47. The van der Waals surface area contributed by atoms with Crippen LogP contribution in [0.2, 0.25) is 0 Å². The lowest BCUT2D eigenvalue weighted by Gasteiger charge is -2.33. The number of likely N-dealkylation sites (tertiary alicyclic amines) is 1. The highest BCUT2D eigenvalue weighted by molar-refractivity contribution is 7.21. The Morgan fingerprint density at radius 2 is 1.81 bits per heavy atom. The Morgan fingerprint density at radius 1 is 1.09 bits per heavy atom. The van der Waals surface area contributed by atoms with Crippen LogP contribution in [0.5, 0.6) is 0 Å². The van der Waals surface area contributed by atoms with E-state index >= 15 is 0 Å². The van der Waals surface area contributed by atoms with Crippen LogP contribution < -0.4 is 10.6 Å². The fourth-order valence-corrected chi connectivity index (χ4v) is 5.65. The van der Waals surface area contributed by atoms with E-state index in [1.165, 1.54) is 10.5 Å². The van der Waals surface area contributed by atoms with Gasteiger partial charge in [0.15, 0.2) is 0 Å². The Hall–Kier alpha value is -3.10. The molecule has 3 aromatic rings. The van der Waals surface area contributed by atoms with Crippen molar-refractivity contribution < 1.29 is 14.4 Å². The van der Waals surface area contributed by atoms with Crippen molar-refractivity contribution >= 4 is 45.0 Å². The van der Waals surface area contributed by atoms with Gasteiger partial charge in [0.05, 0.1) is 28.4 Å². The average Bonchev–Trinajstić information content (AvgIpc) is 3.34. The number of nitrogens with zero attached hydrogens (tertiary/aromatic N) is 3. The second-order valence-electron chi connectivity index (χ2n) is 8.54. The summed E-state index contributed by atoms with van der Waals surface area (Å²) in [6, 6.07) is 13.2. The molecule has 0 aliphatic carbocycles. The van der Waals surface area contributed by atoms with Crippen LogP contribution in [-0.4, -0.2) is 46.7 Å². The molecule has 32 heavy (non-hydrogen) atoms. The molecule has 3 heterocycles. The molecule has 1 atom stereocenters. The SMILES string of the molecule is Cc1ccc2nc(-c3ccc(N4C(=O)C[C@@H](N5CCC(C(N)=O)CC5)C4=O)cc3)sc2c1. The molecule has 2 aliphatic heterocycles. The van der Waals surface area contributed by atoms with E-state index in [2.05, 4.69) is 13.0 Å². The average molecular weight is 449 g/mol. The molecule has 0 saturated carbocycles. The Bertz CT molecular complexity index is 1210. The number of thiazole rings is 1. The van der Waals surface area contributed by atoms with Gasteiger partial charge >= 0.3 is 0 Å². The number of amides is 3. The van der Waals surface area contributed by atoms with Crippen molar-refractivity contribution in [3.63, 3.8) is 0 Å². The van der Waals surface area contributed by atoms with Gasteiger partial charge in [-0.25, -0.2) is 9.88 Å². The summed E-state index contributed by atoms with van der Waals surface area (Å²) in [6.45, 7) is 3.26. The number of hydrogen-bond donors (Lipinski definition) is 1. The number of aryl methyl sites for hydroxylation is 1. The van der Waals surface area contributed by atoms with E-state index in [4.69, 9.17) is 10.7 Å². The Balaban J connectivity index is 1.33. The molecule has 0 unspecified atom stereocenters. The van der Waals surface area contributed by atoms with Crippen molar-refractivity contribution in [1.29, 1.82) is 0 Å². The normalized spacial score (nSPS) is 20.4. The summed E-state index contributed by atoms with van der Waals surface area (Å²) in [5, 5.41) is 0.909. The summed E-state index contributed by atoms with van der Waals surface area (Å²) in [7, 11) is 0. The van der Waals surface area contributed by atoms with Crippen molar-refractivity contribution in [2.24, 2.45) is 11.7 Å². The molecule has 0 radical (unpaired) electrons. The number of piperidine rings is 1. The molecule has 8 heteroatoms. The quantitative estimate of drug-likeness (QED) is 0.619. The van der Waals surface area contributed by atoms with E-state index in [-0.39, 0.29) is 30.1 Å². The molecule has 0 bridgehead atoms. The minimum absolute atomic E-state index is 0.145. The third kappa shape index (κ3) is 3.69. The van der Waals surface area contributed by atoms with Crippen LogP contribution in [0.4, 0.5) is 5.69 Å². The highest BCUT2D eigenvalue weighted by Gasteiger charge is 2.43. The van der Waals surface area contributed by atoms with Crippen LogP contribution in [0, 0.1) is 12.8 Å². The van der Waals surface area contributed by atoms with Crippen molar-refractivity contribution in [1.82, 2.24) is 9.88 Å². The number of primary amides is 1. The molecule has 2 fully saturated rings. The van der Waals surface area contributed by atoms with Crippen molar-refractivity contribution in [2.75, 3.05) is 18.0 Å². The Morgan fingerprint density at radius 3 is 2.50 bits per heavy atom. The number of fused-ring (bicyclic) bond motifs is 1. The smallest absolute Gasteiger partial charge is 0.251 e. The molecular formula is C24H24N4O3S. The Kier molecular flexibility index (Phi) is 5.27. The lowest BCUT2D eigenvalue weighted by atomic mass is 9.95. The van der Waals surface area contributed by atoms with Gasteiger partial charge < -0.3 is 5.73 Å². The number of nitrogens with two attached hydrogens (primary N) is 1. The van der Waals surface area contributed by atoms with Crippen LogP contribution in [0.15, 0.2) is 42.5 Å².